The minimum atomic E-state index is -2.13. The van der Waals surface area contributed by atoms with Crippen LogP contribution in [0, 0.1) is 10.1 Å². The van der Waals surface area contributed by atoms with E-state index in [1.807, 2.05) is 54.6 Å². The molecule has 0 aliphatic carbocycles. The average molecular weight is 735 g/mol. The van der Waals surface area contributed by atoms with E-state index in [0.717, 1.165) is 0 Å². The van der Waals surface area contributed by atoms with Gasteiger partial charge in [-0.1, -0.05) is 77.8 Å². The zero-order valence-corrected chi connectivity index (χ0v) is 28.2. The van der Waals surface area contributed by atoms with Gasteiger partial charge in [0.05, 0.1) is 17.1 Å². The molecule has 1 amide bonds. The van der Waals surface area contributed by atoms with Crippen molar-refractivity contribution in [3.63, 3.8) is 0 Å². The number of halogens is 3. The number of nitro groups is 1. The number of esters is 1. The van der Waals surface area contributed by atoms with Gasteiger partial charge in [0.2, 0.25) is 0 Å². The van der Waals surface area contributed by atoms with Crippen molar-refractivity contribution < 1.29 is 24.4 Å². The predicted octanol–water partition coefficient (Wildman–Crippen LogP) is 5.81. The van der Waals surface area contributed by atoms with Crippen LogP contribution in [0.5, 0.6) is 0 Å². The number of carbonyl (C=O) groups excluding carboxylic acids is 2. The molecular formula is C33H33BrCl2N2O6P+. The largest absolute Gasteiger partial charge is 0.463 e. The minimum absolute atomic E-state index is 0. The molecule has 0 aliphatic rings. The lowest BCUT2D eigenvalue weighted by Gasteiger charge is -2.27. The predicted molar refractivity (Wildman–Crippen MR) is 186 cm³/mol. The molecule has 4 aromatic carbocycles. The van der Waals surface area contributed by atoms with Gasteiger partial charge in [0, 0.05) is 18.6 Å². The van der Waals surface area contributed by atoms with E-state index in [4.69, 9.17) is 27.9 Å². The molecule has 0 fully saturated rings. The number of non-ortho nitro benzene ring substituents is 1. The van der Waals surface area contributed by atoms with E-state index in [2.05, 4.69) is 41.7 Å². The summed E-state index contributed by atoms with van der Waals surface area (Å²) in [6, 6.07) is 35.1. The molecule has 45 heavy (non-hydrogen) atoms. The number of benzene rings is 4. The van der Waals surface area contributed by atoms with Crippen molar-refractivity contribution in [1.82, 2.24) is 5.32 Å². The molecule has 0 heterocycles. The summed E-state index contributed by atoms with van der Waals surface area (Å²) in [6.07, 6.45) is -0.00625. The summed E-state index contributed by atoms with van der Waals surface area (Å²) in [6.45, 7) is -0.362. The summed E-state index contributed by atoms with van der Waals surface area (Å²) in [5.41, 5.74) is 0.121. The van der Waals surface area contributed by atoms with Gasteiger partial charge in [-0.3, -0.25) is 19.7 Å². The standard InChI is InChI=1S/C33H31Cl2N2O6P.BrH/c34-32(35)33(40)36-29(31(39)24-18-20-25(21-19-24)37(41)42)23-43-30(38)17-10-22-44(26-11-4-1-5-12-26,27-13-6-2-7-14-27)28-15-8-3-9-16-28;/h1-9,11-16,18-21,29,31-32,39H,10,17,22-23H2;1H/p+1/t29-,31+;/m0./s1. The molecule has 0 saturated heterocycles. The molecule has 8 nitrogen and oxygen atoms in total. The second kappa shape index (κ2) is 17.4. The highest BCUT2D eigenvalue weighted by Crippen LogP contribution is 2.55. The lowest BCUT2D eigenvalue weighted by molar-refractivity contribution is -0.384. The maximum Gasteiger partial charge on any atom is 0.306 e. The summed E-state index contributed by atoms with van der Waals surface area (Å²) in [4.78, 5) is 34.3. The monoisotopic (exact) mass is 733 g/mol. The van der Waals surface area contributed by atoms with Gasteiger partial charge in [0.1, 0.15) is 35.9 Å². The zero-order valence-electron chi connectivity index (χ0n) is 24.1. The molecular weight excluding hydrogens is 702 g/mol. The van der Waals surface area contributed by atoms with E-state index in [1.54, 1.807) is 0 Å². The fourth-order valence-electron chi connectivity index (χ4n) is 5.08. The first-order chi connectivity index (χ1) is 21.2. The van der Waals surface area contributed by atoms with Crippen LogP contribution in [0.15, 0.2) is 115 Å². The number of rotatable bonds is 14. The van der Waals surface area contributed by atoms with E-state index in [9.17, 15) is 24.8 Å². The number of nitrogens with zero attached hydrogens (tertiary/aromatic N) is 1. The molecule has 0 saturated carbocycles. The number of nitro benzene ring substituents is 1. The molecule has 236 valence electrons. The minimum Gasteiger partial charge on any atom is -0.463 e. The van der Waals surface area contributed by atoms with Gasteiger partial charge in [0.15, 0.2) is 4.84 Å². The van der Waals surface area contributed by atoms with Gasteiger partial charge >= 0.3 is 5.97 Å². The highest BCUT2D eigenvalue weighted by Gasteiger charge is 2.44. The third kappa shape index (κ3) is 9.35. The maximum atomic E-state index is 13.0. The van der Waals surface area contributed by atoms with Crippen molar-refractivity contribution >= 4 is 80.9 Å². The Balaban J connectivity index is 0.00000552. The van der Waals surface area contributed by atoms with Crippen LogP contribution in [-0.2, 0) is 14.3 Å². The van der Waals surface area contributed by atoms with Crippen molar-refractivity contribution in [1.29, 1.82) is 0 Å². The van der Waals surface area contributed by atoms with Crippen molar-refractivity contribution in [2.24, 2.45) is 0 Å². The second-order valence-electron chi connectivity index (χ2n) is 10.0. The number of aliphatic hydroxyl groups is 1. The lowest BCUT2D eigenvalue weighted by atomic mass is 10.0. The average Bonchev–Trinajstić information content (AvgIpc) is 3.06. The first-order valence-corrected chi connectivity index (χ1v) is 16.8. The fraction of sp³-hybridized carbons (Fsp3) is 0.212. The van der Waals surface area contributed by atoms with Gasteiger partial charge in [0.25, 0.3) is 11.6 Å². The zero-order chi connectivity index (χ0) is 31.5. The van der Waals surface area contributed by atoms with Crippen LogP contribution in [0.4, 0.5) is 5.69 Å². The van der Waals surface area contributed by atoms with Crippen molar-refractivity contribution in [2.75, 3.05) is 12.8 Å². The van der Waals surface area contributed by atoms with Crippen LogP contribution in [0.25, 0.3) is 0 Å². The van der Waals surface area contributed by atoms with Gasteiger partial charge in [-0.2, -0.15) is 0 Å². The molecule has 0 spiro atoms. The van der Waals surface area contributed by atoms with Crippen LogP contribution < -0.4 is 21.2 Å². The molecule has 4 aromatic rings. The van der Waals surface area contributed by atoms with Gasteiger partial charge < -0.3 is 15.2 Å². The Morgan fingerprint density at radius 2 is 1.29 bits per heavy atom. The van der Waals surface area contributed by atoms with Crippen molar-refractivity contribution in [3.8, 4) is 0 Å². The molecule has 2 N–H and O–H groups in total. The van der Waals surface area contributed by atoms with E-state index in [-0.39, 0.29) is 41.3 Å². The highest BCUT2D eigenvalue weighted by molar-refractivity contribution is 8.93. The fourth-order valence-corrected chi connectivity index (χ4v) is 9.55. The van der Waals surface area contributed by atoms with Crippen LogP contribution >= 0.6 is 47.4 Å². The Kier molecular flexibility index (Phi) is 14.0. The molecule has 0 bridgehead atoms. The Bertz CT molecular complexity index is 1440. The number of alkyl halides is 2. The quantitative estimate of drug-likeness (QED) is 0.0555. The molecule has 0 radical (unpaired) electrons. The SMILES string of the molecule is Br.O=C(CCC[P+](c1ccccc1)(c1ccccc1)c1ccccc1)OC[C@H](NC(=O)C(Cl)Cl)[C@H](O)c1ccc([N+](=O)[O-])cc1. The van der Waals surface area contributed by atoms with E-state index in [1.165, 1.54) is 40.2 Å². The summed E-state index contributed by atoms with van der Waals surface area (Å²) in [7, 11) is -2.13. The first-order valence-electron chi connectivity index (χ1n) is 13.9. The number of nitrogens with one attached hydrogen (secondary N) is 1. The summed E-state index contributed by atoms with van der Waals surface area (Å²) < 4.78 is 5.53. The Labute approximate surface area is 283 Å². The first kappa shape index (κ1) is 36.1. The van der Waals surface area contributed by atoms with Crippen molar-refractivity contribution in [2.45, 2.75) is 29.8 Å². The number of carbonyl (C=O) groups is 2. The number of aliphatic hydroxyl groups excluding tert-OH is 1. The molecule has 12 heteroatoms. The number of hydrogen-bond acceptors (Lipinski definition) is 6. The van der Waals surface area contributed by atoms with Crippen LogP contribution in [0.3, 0.4) is 0 Å². The molecule has 0 aliphatic heterocycles. The van der Waals surface area contributed by atoms with Crippen LogP contribution in [0.2, 0.25) is 0 Å². The van der Waals surface area contributed by atoms with E-state index < -0.39 is 41.0 Å². The summed E-state index contributed by atoms with van der Waals surface area (Å²) >= 11 is 11.4. The topological polar surface area (TPSA) is 119 Å². The van der Waals surface area contributed by atoms with Gasteiger partial charge in [-0.05, 0) is 60.5 Å². The normalized spacial score (nSPS) is 12.4. The van der Waals surface area contributed by atoms with Gasteiger partial charge in [-0.25, -0.2) is 0 Å². The summed E-state index contributed by atoms with van der Waals surface area (Å²) in [5, 5.41) is 28.1. The molecule has 2 atom stereocenters. The van der Waals surface area contributed by atoms with Crippen LogP contribution in [0.1, 0.15) is 24.5 Å². The molecule has 0 unspecified atom stereocenters. The lowest BCUT2D eigenvalue weighted by Crippen LogP contribution is -2.45. The smallest absolute Gasteiger partial charge is 0.306 e. The molecule has 0 aromatic heterocycles. The van der Waals surface area contributed by atoms with Crippen LogP contribution in [-0.4, -0.2) is 45.6 Å². The number of amides is 1. The number of hydrogen-bond donors (Lipinski definition) is 2. The highest BCUT2D eigenvalue weighted by atomic mass is 79.9. The van der Waals surface area contributed by atoms with E-state index >= 15 is 0 Å². The number of ether oxygens (including phenoxy) is 1. The Hall–Kier alpha value is -3.33. The Morgan fingerprint density at radius 1 is 0.822 bits per heavy atom. The van der Waals surface area contributed by atoms with Crippen molar-refractivity contribution in [3.05, 3.63) is 131 Å². The third-order valence-corrected chi connectivity index (χ3v) is 12.2. The summed E-state index contributed by atoms with van der Waals surface area (Å²) in [5.74, 6) is -1.28. The van der Waals surface area contributed by atoms with Gasteiger partial charge in [-0.15, -0.1) is 17.0 Å². The third-order valence-electron chi connectivity index (χ3n) is 7.24. The maximum absolute atomic E-state index is 13.0. The second-order valence-corrected chi connectivity index (χ2v) is 14.7. The van der Waals surface area contributed by atoms with E-state index in [0.29, 0.717) is 12.6 Å². The Morgan fingerprint density at radius 3 is 1.71 bits per heavy atom. The molecule has 4 rings (SSSR count).